The zero-order chi connectivity index (χ0) is 17.9. The summed E-state index contributed by atoms with van der Waals surface area (Å²) in [7, 11) is 0. The summed E-state index contributed by atoms with van der Waals surface area (Å²) in [6, 6.07) is 14.0. The van der Waals surface area contributed by atoms with Crippen molar-refractivity contribution in [2.75, 3.05) is 0 Å². The predicted molar refractivity (Wildman–Crippen MR) is 95.3 cm³/mol. The normalized spacial score (nSPS) is 11.0. The molecule has 8 heteroatoms. The van der Waals surface area contributed by atoms with Crippen LogP contribution in [0.2, 0.25) is 0 Å². The van der Waals surface area contributed by atoms with Crippen LogP contribution in [0.1, 0.15) is 11.5 Å². The van der Waals surface area contributed by atoms with Crippen molar-refractivity contribution in [3.63, 3.8) is 0 Å². The highest BCUT2D eigenvalue weighted by atomic mass is 32.2. The SMILES string of the molecule is Cc1ccccc1-n1cnnc1SCc1nc(-c2ccc(F)cc2)no1. The Balaban J connectivity index is 1.50. The third kappa shape index (κ3) is 3.36. The molecule has 0 fully saturated rings. The van der Waals surface area contributed by atoms with Crippen molar-refractivity contribution in [2.24, 2.45) is 0 Å². The lowest BCUT2D eigenvalue weighted by Gasteiger charge is -2.08. The van der Waals surface area contributed by atoms with Crippen molar-refractivity contribution < 1.29 is 8.91 Å². The van der Waals surface area contributed by atoms with Gasteiger partial charge < -0.3 is 4.52 Å². The Morgan fingerprint density at radius 3 is 2.73 bits per heavy atom. The molecule has 0 aliphatic rings. The minimum atomic E-state index is -0.302. The van der Waals surface area contributed by atoms with Crippen LogP contribution < -0.4 is 0 Å². The molecular weight excluding hydrogens is 353 g/mol. The molecule has 2 aromatic carbocycles. The van der Waals surface area contributed by atoms with Crippen LogP contribution in [0.25, 0.3) is 17.1 Å². The number of halogens is 1. The van der Waals surface area contributed by atoms with Gasteiger partial charge in [0.2, 0.25) is 11.7 Å². The van der Waals surface area contributed by atoms with Gasteiger partial charge in [-0.3, -0.25) is 4.57 Å². The van der Waals surface area contributed by atoms with E-state index in [2.05, 4.69) is 20.3 Å². The van der Waals surface area contributed by atoms with E-state index in [9.17, 15) is 4.39 Å². The van der Waals surface area contributed by atoms with Gasteiger partial charge in [0.15, 0.2) is 5.16 Å². The molecule has 0 bridgehead atoms. The molecule has 2 aromatic heterocycles. The molecule has 0 saturated heterocycles. The third-order valence-corrected chi connectivity index (χ3v) is 4.71. The molecule has 0 aliphatic heterocycles. The van der Waals surface area contributed by atoms with E-state index < -0.39 is 0 Å². The second-order valence-corrected chi connectivity index (χ2v) is 6.52. The highest BCUT2D eigenvalue weighted by Gasteiger charge is 2.13. The molecule has 0 radical (unpaired) electrons. The highest BCUT2D eigenvalue weighted by Crippen LogP contribution is 2.25. The van der Waals surface area contributed by atoms with Gasteiger partial charge in [-0.2, -0.15) is 4.98 Å². The number of aryl methyl sites for hydroxylation is 1. The van der Waals surface area contributed by atoms with Gasteiger partial charge in [0.05, 0.1) is 11.4 Å². The topological polar surface area (TPSA) is 69.6 Å². The molecule has 130 valence electrons. The number of para-hydroxylation sites is 1. The molecule has 0 saturated carbocycles. The van der Waals surface area contributed by atoms with Crippen molar-refractivity contribution in [3.05, 3.63) is 72.1 Å². The van der Waals surface area contributed by atoms with E-state index in [1.807, 2.05) is 35.8 Å². The molecule has 4 aromatic rings. The van der Waals surface area contributed by atoms with Crippen molar-refractivity contribution in [1.29, 1.82) is 0 Å². The summed E-state index contributed by atoms with van der Waals surface area (Å²) in [4.78, 5) is 4.35. The zero-order valence-electron chi connectivity index (χ0n) is 13.8. The van der Waals surface area contributed by atoms with E-state index >= 15 is 0 Å². The van der Waals surface area contributed by atoms with Crippen molar-refractivity contribution in [2.45, 2.75) is 17.8 Å². The maximum atomic E-state index is 13.0. The van der Waals surface area contributed by atoms with Gasteiger partial charge in [0, 0.05) is 5.56 Å². The van der Waals surface area contributed by atoms with Gasteiger partial charge in [-0.05, 0) is 42.8 Å². The van der Waals surface area contributed by atoms with Gasteiger partial charge in [-0.25, -0.2) is 4.39 Å². The first-order valence-corrected chi connectivity index (χ1v) is 8.86. The largest absolute Gasteiger partial charge is 0.338 e. The predicted octanol–water partition coefficient (Wildman–Crippen LogP) is 4.06. The Labute approximate surface area is 153 Å². The standard InChI is InChI=1S/C18H14FN5OS/c1-12-4-2-3-5-15(12)24-11-20-22-18(24)26-10-16-21-17(23-25-16)13-6-8-14(19)9-7-13/h2-9,11H,10H2,1H3. The Kier molecular flexibility index (Phi) is 4.49. The Bertz CT molecular complexity index is 1030. The number of benzene rings is 2. The fourth-order valence-electron chi connectivity index (χ4n) is 2.48. The minimum Gasteiger partial charge on any atom is -0.338 e. The van der Waals surface area contributed by atoms with Crippen LogP contribution in [-0.2, 0) is 5.75 Å². The summed E-state index contributed by atoms with van der Waals surface area (Å²) in [5.74, 6) is 1.05. The van der Waals surface area contributed by atoms with Crippen LogP contribution in [0, 0.1) is 12.7 Å². The summed E-state index contributed by atoms with van der Waals surface area (Å²) in [5, 5.41) is 12.9. The van der Waals surface area contributed by atoms with E-state index in [0.29, 0.717) is 23.0 Å². The Morgan fingerprint density at radius 1 is 1.12 bits per heavy atom. The molecule has 0 amide bonds. The fraction of sp³-hybridized carbons (Fsp3) is 0.111. The number of hydrogen-bond acceptors (Lipinski definition) is 6. The van der Waals surface area contributed by atoms with Crippen molar-refractivity contribution in [3.8, 4) is 17.1 Å². The van der Waals surface area contributed by atoms with Gasteiger partial charge in [0.1, 0.15) is 12.1 Å². The van der Waals surface area contributed by atoms with Crippen LogP contribution in [0.4, 0.5) is 4.39 Å². The zero-order valence-corrected chi connectivity index (χ0v) is 14.7. The number of nitrogens with zero attached hydrogens (tertiary/aromatic N) is 5. The second-order valence-electron chi connectivity index (χ2n) is 5.58. The van der Waals surface area contributed by atoms with Crippen LogP contribution in [0.15, 0.2) is 64.5 Å². The lowest BCUT2D eigenvalue weighted by atomic mass is 10.2. The van der Waals surface area contributed by atoms with Crippen LogP contribution in [-0.4, -0.2) is 24.9 Å². The summed E-state index contributed by atoms with van der Waals surface area (Å²) in [6.07, 6.45) is 1.68. The third-order valence-electron chi connectivity index (χ3n) is 3.79. The maximum absolute atomic E-state index is 13.0. The van der Waals surface area contributed by atoms with Crippen LogP contribution in [0.5, 0.6) is 0 Å². The smallest absolute Gasteiger partial charge is 0.237 e. The monoisotopic (exact) mass is 367 g/mol. The quantitative estimate of drug-likeness (QED) is 0.496. The van der Waals surface area contributed by atoms with E-state index in [0.717, 1.165) is 16.4 Å². The second kappa shape index (κ2) is 7.09. The van der Waals surface area contributed by atoms with Gasteiger partial charge >= 0.3 is 0 Å². The highest BCUT2D eigenvalue weighted by molar-refractivity contribution is 7.98. The van der Waals surface area contributed by atoms with Gasteiger partial charge in [-0.15, -0.1) is 10.2 Å². The Hall–Kier alpha value is -3.00. The van der Waals surface area contributed by atoms with Gasteiger partial charge in [0.25, 0.3) is 0 Å². The van der Waals surface area contributed by atoms with E-state index in [1.54, 1.807) is 18.5 Å². The fourth-order valence-corrected chi connectivity index (χ4v) is 3.24. The van der Waals surface area contributed by atoms with E-state index in [1.165, 1.54) is 23.9 Å². The minimum absolute atomic E-state index is 0.302. The van der Waals surface area contributed by atoms with Crippen molar-refractivity contribution in [1.82, 2.24) is 24.9 Å². The van der Waals surface area contributed by atoms with Crippen LogP contribution in [0.3, 0.4) is 0 Å². The number of aromatic nitrogens is 5. The van der Waals surface area contributed by atoms with E-state index in [-0.39, 0.29) is 5.82 Å². The molecular formula is C18H14FN5OS. The molecule has 4 rings (SSSR count). The first kappa shape index (κ1) is 16.5. The first-order chi connectivity index (χ1) is 12.7. The summed E-state index contributed by atoms with van der Waals surface area (Å²) >= 11 is 1.45. The number of hydrogen-bond donors (Lipinski definition) is 0. The first-order valence-electron chi connectivity index (χ1n) is 7.88. The molecule has 0 aliphatic carbocycles. The van der Waals surface area contributed by atoms with Gasteiger partial charge in [-0.1, -0.05) is 35.1 Å². The molecule has 0 atom stereocenters. The molecule has 6 nitrogen and oxygen atoms in total. The molecule has 0 unspecified atom stereocenters. The summed E-state index contributed by atoms with van der Waals surface area (Å²) in [5.41, 5.74) is 2.86. The van der Waals surface area contributed by atoms with Crippen LogP contribution >= 0.6 is 11.8 Å². The molecule has 26 heavy (non-hydrogen) atoms. The number of rotatable bonds is 5. The maximum Gasteiger partial charge on any atom is 0.237 e. The van der Waals surface area contributed by atoms with E-state index in [4.69, 9.17) is 4.52 Å². The summed E-state index contributed by atoms with van der Waals surface area (Å²) in [6.45, 7) is 2.04. The lowest BCUT2D eigenvalue weighted by molar-refractivity contribution is 0.391. The molecule has 0 N–H and O–H groups in total. The average molecular weight is 367 g/mol. The average Bonchev–Trinajstić information content (AvgIpc) is 3.30. The molecule has 2 heterocycles. The molecule has 0 spiro atoms. The Morgan fingerprint density at radius 2 is 1.92 bits per heavy atom. The van der Waals surface area contributed by atoms with Crippen molar-refractivity contribution >= 4 is 11.8 Å². The number of thioether (sulfide) groups is 1. The lowest BCUT2D eigenvalue weighted by Crippen LogP contribution is -1.97. The summed E-state index contributed by atoms with van der Waals surface area (Å²) < 4.78 is 20.2.